The van der Waals surface area contributed by atoms with Crippen molar-refractivity contribution in [1.82, 2.24) is 25.1 Å². The maximum Gasteiger partial charge on any atom is 0.268 e. The van der Waals surface area contributed by atoms with Crippen LogP contribution in [0.15, 0.2) is 23.4 Å². The maximum atomic E-state index is 11.8. The molecule has 4 heterocycles. The number of piperazine rings is 1. The Morgan fingerprint density at radius 1 is 1.12 bits per heavy atom. The first-order valence-corrected chi connectivity index (χ1v) is 8.29. The van der Waals surface area contributed by atoms with Gasteiger partial charge in [-0.2, -0.15) is 5.10 Å². The van der Waals surface area contributed by atoms with Crippen LogP contribution in [0.1, 0.15) is 11.3 Å². The van der Waals surface area contributed by atoms with Gasteiger partial charge in [-0.3, -0.25) is 4.79 Å². The van der Waals surface area contributed by atoms with Crippen molar-refractivity contribution < 1.29 is 0 Å². The molecule has 0 radical (unpaired) electrons. The second-order valence-corrected chi connectivity index (χ2v) is 6.20. The minimum atomic E-state index is -0.0766. The van der Waals surface area contributed by atoms with Gasteiger partial charge in [0.15, 0.2) is 0 Å². The summed E-state index contributed by atoms with van der Waals surface area (Å²) in [6.07, 6.45) is 4.40. The second kappa shape index (κ2) is 6.20. The molecule has 1 N–H and O–H groups in total. The molecule has 2 aliphatic rings. The largest absolute Gasteiger partial charge is 0.367 e. The van der Waals surface area contributed by atoms with E-state index in [2.05, 4.69) is 30.2 Å². The highest BCUT2D eigenvalue weighted by molar-refractivity contribution is 5.52. The summed E-state index contributed by atoms with van der Waals surface area (Å²) in [6.45, 7) is 5.27. The van der Waals surface area contributed by atoms with Crippen molar-refractivity contribution in [3.8, 4) is 0 Å². The van der Waals surface area contributed by atoms with Crippen molar-refractivity contribution in [2.45, 2.75) is 13.0 Å². The Labute approximate surface area is 140 Å². The Balaban J connectivity index is 1.50. The van der Waals surface area contributed by atoms with Crippen molar-refractivity contribution in [3.05, 3.63) is 40.2 Å². The molecule has 0 unspecified atom stereocenters. The van der Waals surface area contributed by atoms with Crippen LogP contribution in [-0.4, -0.2) is 52.5 Å². The Morgan fingerprint density at radius 3 is 2.71 bits per heavy atom. The molecule has 0 atom stereocenters. The first-order chi connectivity index (χ1) is 11.7. The lowest BCUT2D eigenvalue weighted by molar-refractivity contribution is 0.604. The molecule has 24 heavy (non-hydrogen) atoms. The van der Waals surface area contributed by atoms with Gasteiger partial charge in [0.25, 0.3) is 5.56 Å². The molecular formula is C16H21N7O. The third kappa shape index (κ3) is 2.73. The molecule has 2 aromatic heterocycles. The molecule has 0 amide bonds. The first kappa shape index (κ1) is 15.1. The molecule has 0 aromatic carbocycles. The Kier molecular flexibility index (Phi) is 3.89. The van der Waals surface area contributed by atoms with E-state index >= 15 is 0 Å². The van der Waals surface area contributed by atoms with E-state index in [1.54, 1.807) is 25.6 Å². The summed E-state index contributed by atoms with van der Waals surface area (Å²) < 4.78 is 1.35. The van der Waals surface area contributed by atoms with E-state index in [1.807, 2.05) is 0 Å². The topological polar surface area (TPSA) is 79.2 Å². The van der Waals surface area contributed by atoms with Gasteiger partial charge in [0.05, 0.1) is 17.6 Å². The first-order valence-electron chi connectivity index (χ1n) is 8.29. The van der Waals surface area contributed by atoms with Gasteiger partial charge >= 0.3 is 0 Å². The fourth-order valence-corrected chi connectivity index (χ4v) is 3.35. The van der Waals surface area contributed by atoms with Crippen LogP contribution < -0.4 is 20.7 Å². The van der Waals surface area contributed by atoms with Gasteiger partial charge in [0, 0.05) is 51.4 Å². The number of fused-ring (bicyclic) bond motifs is 1. The Hall–Kier alpha value is -2.48. The number of nitrogens with zero attached hydrogens (tertiary/aromatic N) is 6. The minimum Gasteiger partial charge on any atom is -0.367 e. The molecule has 2 aromatic rings. The van der Waals surface area contributed by atoms with Crippen LogP contribution in [0.25, 0.3) is 0 Å². The Morgan fingerprint density at radius 2 is 1.92 bits per heavy atom. The third-order valence-corrected chi connectivity index (χ3v) is 4.75. The summed E-state index contributed by atoms with van der Waals surface area (Å²) in [5.41, 5.74) is 3.21. The van der Waals surface area contributed by atoms with Crippen molar-refractivity contribution >= 4 is 11.5 Å². The number of aryl methyl sites for hydroxylation is 1. The predicted octanol–water partition coefficient (Wildman–Crippen LogP) is -0.457. The maximum absolute atomic E-state index is 11.8. The van der Waals surface area contributed by atoms with Crippen LogP contribution in [0.4, 0.5) is 11.5 Å². The van der Waals surface area contributed by atoms with E-state index in [0.29, 0.717) is 0 Å². The number of hydrogen-bond donors (Lipinski definition) is 1. The van der Waals surface area contributed by atoms with E-state index < -0.39 is 0 Å². The zero-order valence-electron chi connectivity index (χ0n) is 13.8. The number of hydrogen-bond acceptors (Lipinski definition) is 7. The lowest BCUT2D eigenvalue weighted by atomic mass is 10.1. The van der Waals surface area contributed by atoms with Gasteiger partial charge in [-0.05, 0) is 13.0 Å². The SMILES string of the molecule is Cn1ncc(N2CCN(c3ncnc4c3CCNC4)CC2)cc1=O. The van der Waals surface area contributed by atoms with E-state index in [-0.39, 0.29) is 5.56 Å². The fraction of sp³-hybridized carbons (Fsp3) is 0.500. The smallest absolute Gasteiger partial charge is 0.268 e. The van der Waals surface area contributed by atoms with Crippen LogP contribution in [0.5, 0.6) is 0 Å². The third-order valence-electron chi connectivity index (χ3n) is 4.75. The van der Waals surface area contributed by atoms with Crippen molar-refractivity contribution in [3.63, 3.8) is 0 Å². The summed E-state index contributed by atoms with van der Waals surface area (Å²) >= 11 is 0. The zero-order valence-corrected chi connectivity index (χ0v) is 13.8. The molecule has 1 saturated heterocycles. The monoisotopic (exact) mass is 327 g/mol. The van der Waals surface area contributed by atoms with Crippen LogP contribution in [0.3, 0.4) is 0 Å². The summed E-state index contributed by atoms with van der Waals surface area (Å²) in [7, 11) is 1.66. The summed E-state index contributed by atoms with van der Waals surface area (Å²) in [4.78, 5) is 25.2. The van der Waals surface area contributed by atoms with Crippen molar-refractivity contribution in [2.24, 2.45) is 7.05 Å². The average molecular weight is 327 g/mol. The summed E-state index contributed by atoms with van der Waals surface area (Å²) in [6, 6.07) is 1.65. The number of aromatic nitrogens is 4. The fourth-order valence-electron chi connectivity index (χ4n) is 3.35. The molecule has 4 rings (SSSR count). The van der Waals surface area contributed by atoms with E-state index in [0.717, 1.165) is 62.9 Å². The summed E-state index contributed by atoms with van der Waals surface area (Å²) in [5.74, 6) is 1.07. The normalized spacial score (nSPS) is 17.7. The minimum absolute atomic E-state index is 0.0766. The Bertz CT molecular complexity index is 795. The number of anilines is 2. The molecule has 0 saturated carbocycles. The predicted molar refractivity (Wildman–Crippen MR) is 91.3 cm³/mol. The zero-order chi connectivity index (χ0) is 16.5. The van der Waals surface area contributed by atoms with Crippen molar-refractivity contribution in [2.75, 3.05) is 42.5 Å². The average Bonchev–Trinajstić information content (AvgIpc) is 2.64. The van der Waals surface area contributed by atoms with Gasteiger partial charge in [-0.25, -0.2) is 14.6 Å². The van der Waals surface area contributed by atoms with Crippen molar-refractivity contribution in [1.29, 1.82) is 0 Å². The highest BCUT2D eigenvalue weighted by atomic mass is 16.1. The molecule has 0 spiro atoms. The van der Waals surface area contributed by atoms with Gasteiger partial charge in [0.2, 0.25) is 0 Å². The van der Waals surface area contributed by atoms with E-state index in [4.69, 9.17) is 0 Å². The number of nitrogens with one attached hydrogen (secondary N) is 1. The van der Waals surface area contributed by atoms with Crippen LogP contribution in [0, 0.1) is 0 Å². The lowest BCUT2D eigenvalue weighted by Gasteiger charge is -2.37. The molecule has 0 bridgehead atoms. The van der Waals surface area contributed by atoms with Crippen LogP contribution in [-0.2, 0) is 20.0 Å². The standard InChI is InChI=1S/C16H21N7O/c1-21-15(24)8-12(9-20-21)22-4-6-23(7-5-22)16-13-2-3-17-10-14(13)18-11-19-16/h8-9,11,17H,2-7,10H2,1H3. The molecule has 2 aliphatic heterocycles. The van der Waals surface area contributed by atoms with Crippen LogP contribution in [0.2, 0.25) is 0 Å². The molecule has 8 nitrogen and oxygen atoms in total. The van der Waals surface area contributed by atoms with E-state index in [9.17, 15) is 4.79 Å². The van der Waals surface area contributed by atoms with E-state index in [1.165, 1.54) is 10.2 Å². The highest BCUT2D eigenvalue weighted by Crippen LogP contribution is 2.24. The highest BCUT2D eigenvalue weighted by Gasteiger charge is 2.23. The molecule has 0 aliphatic carbocycles. The molecule has 126 valence electrons. The van der Waals surface area contributed by atoms with Gasteiger partial charge < -0.3 is 15.1 Å². The van der Waals surface area contributed by atoms with Gasteiger partial charge in [-0.1, -0.05) is 0 Å². The molecular weight excluding hydrogens is 306 g/mol. The van der Waals surface area contributed by atoms with Crippen LogP contribution >= 0.6 is 0 Å². The lowest BCUT2D eigenvalue weighted by Crippen LogP contribution is -2.47. The second-order valence-electron chi connectivity index (χ2n) is 6.20. The van der Waals surface area contributed by atoms with Gasteiger partial charge in [0.1, 0.15) is 12.1 Å². The quantitative estimate of drug-likeness (QED) is 0.800. The molecule has 1 fully saturated rings. The van der Waals surface area contributed by atoms with Gasteiger partial charge in [-0.15, -0.1) is 0 Å². The molecule has 8 heteroatoms. The number of rotatable bonds is 2. The summed E-state index contributed by atoms with van der Waals surface area (Å²) in [5, 5.41) is 7.46.